The molecule has 2 saturated heterocycles. The van der Waals surface area contributed by atoms with Crippen LogP contribution in [0.25, 0.3) is 0 Å². The minimum absolute atomic E-state index is 0.0412. The van der Waals surface area contributed by atoms with Crippen LogP contribution >= 0.6 is 0 Å². The Morgan fingerprint density at radius 2 is 2.00 bits per heavy atom. The number of rotatable bonds is 3. The van der Waals surface area contributed by atoms with Gasteiger partial charge < -0.3 is 5.32 Å². The zero-order chi connectivity index (χ0) is 15.9. The second-order valence-corrected chi connectivity index (χ2v) is 7.90. The third-order valence-electron chi connectivity index (χ3n) is 4.49. The van der Waals surface area contributed by atoms with E-state index < -0.39 is 14.9 Å². The number of benzene rings is 1. The number of non-ortho nitro benzene ring substituents is 1. The molecule has 2 heterocycles. The summed E-state index contributed by atoms with van der Waals surface area (Å²) in [7, 11) is -3.71. The molecule has 1 N–H and O–H groups in total. The highest BCUT2D eigenvalue weighted by molar-refractivity contribution is 7.89. The molecule has 2 atom stereocenters. The summed E-state index contributed by atoms with van der Waals surface area (Å²) >= 11 is 0. The van der Waals surface area contributed by atoms with Gasteiger partial charge in [-0.2, -0.15) is 4.31 Å². The van der Waals surface area contributed by atoms with Gasteiger partial charge in [0.2, 0.25) is 10.0 Å². The van der Waals surface area contributed by atoms with Gasteiger partial charge in [-0.05, 0) is 31.7 Å². The van der Waals surface area contributed by atoms with Crippen LogP contribution in [-0.2, 0) is 10.0 Å². The Kier molecular flexibility index (Phi) is 3.92. The second-order valence-electron chi connectivity index (χ2n) is 6.00. The van der Waals surface area contributed by atoms with Gasteiger partial charge in [-0.15, -0.1) is 0 Å². The highest BCUT2D eigenvalue weighted by Gasteiger charge is 2.35. The van der Waals surface area contributed by atoms with Gasteiger partial charge in [0, 0.05) is 37.3 Å². The molecule has 1 aromatic carbocycles. The van der Waals surface area contributed by atoms with Gasteiger partial charge in [-0.3, -0.25) is 10.1 Å². The zero-order valence-corrected chi connectivity index (χ0v) is 13.2. The molecule has 2 aliphatic heterocycles. The van der Waals surface area contributed by atoms with Gasteiger partial charge in [0.25, 0.3) is 5.69 Å². The lowest BCUT2D eigenvalue weighted by atomic mass is 10.1. The van der Waals surface area contributed by atoms with E-state index in [-0.39, 0.29) is 16.6 Å². The Bertz CT molecular complexity index is 704. The van der Waals surface area contributed by atoms with E-state index in [1.54, 1.807) is 6.92 Å². The van der Waals surface area contributed by atoms with E-state index in [1.165, 1.54) is 22.5 Å². The molecular weight excluding hydrogens is 306 g/mol. The first-order chi connectivity index (χ1) is 10.4. The summed E-state index contributed by atoms with van der Waals surface area (Å²) in [6.07, 6.45) is 2.85. The molecule has 2 aliphatic rings. The van der Waals surface area contributed by atoms with Crippen LogP contribution in [0.3, 0.4) is 0 Å². The molecular formula is C14H19N3O4S. The molecule has 0 radical (unpaired) electrons. The van der Waals surface area contributed by atoms with Crippen LogP contribution in [-0.4, -0.2) is 42.8 Å². The molecule has 2 bridgehead atoms. The number of nitro groups is 1. The lowest BCUT2D eigenvalue weighted by Crippen LogP contribution is -2.39. The summed E-state index contributed by atoms with van der Waals surface area (Å²) in [6.45, 7) is 2.55. The highest BCUT2D eigenvalue weighted by atomic mass is 32.2. The standard InChI is InChI=1S/C14H19N3O4S/c1-10-2-5-13(17(18)19)8-14(10)22(20,21)16-7-6-11-3-4-12(9-16)15-11/h2,5,8,11-12,15H,3-4,6-7,9H2,1H3. The Hall–Kier alpha value is -1.51. The Labute approximate surface area is 129 Å². The summed E-state index contributed by atoms with van der Waals surface area (Å²) in [5.41, 5.74) is 0.339. The third kappa shape index (κ3) is 2.73. The first-order valence-corrected chi connectivity index (χ1v) is 8.83. The predicted octanol–water partition coefficient (Wildman–Crippen LogP) is 1.42. The Morgan fingerprint density at radius 3 is 2.73 bits per heavy atom. The number of hydrogen-bond donors (Lipinski definition) is 1. The fourth-order valence-electron chi connectivity index (χ4n) is 3.25. The van der Waals surface area contributed by atoms with Crippen LogP contribution in [0.4, 0.5) is 5.69 Å². The molecule has 8 heteroatoms. The van der Waals surface area contributed by atoms with Gasteiger partial charge >= 0.3 is 0 Å². The Balaban J connectivity index is 1.95. The molecule has 0 saturated carbocycles. The van der Waals surface area contributed by atoms with E-state index in [4.69, 9.17) is 0 Å². The van der Waals surface area contributed by atoms with E-state index >= 15 is 0 Å². The first-order valence-electron chi connectivity index (χ1n) is 7.39. The molecule has 2 fully saturated rings. The van der Waals surface area contributed by atoms with Crippen LogP contribution in [0.1, 0.15) is 24.8 Å². The average Bonchev–Trinajstić information content (AvgIpc) is 2.77. The maximum Gasteiger partial charge on any atom is 0.270 e. The lowest BCUT2D eigenvalue weighted by Gasteiger charge is -2.24. The van der Waals surface area contributed by atoms with E-state index in [0.29, 0.717) is 24.7 Å². The van der Waals surface area contributed by atoms with Crippen molar-refractivity contribution in [1.29, 1.82) is 0 Å². The van der Waals surface area contributed by atoms with Gasteiger partial charge in [0.05, 0.1) is 9.82 Å². The fraction of sp³-hybridized carbons (Fsp3) is 0.571. The molecule has 3 rings (SSSR count). The van der Waals surface area contributed by atoms with Gasteiger partial charge in [-0.1, -0.05) is 6.07 Å². The van der Waals surface area contributed by atoms with Crippen molar-refractivity contribution in [3.05, 3.63) is 33.9 Å². The summed E-state index contributed by atoms with van der Waals surface area (Å²) in [4.78, 5) is 10.4. The van der Waals surface area contributed by atoms with E-state index in [2.05, 4.69) is 5.32 Å². The number of hydrogen-bond acceptors (Lipinski definition) is 5. The van der Waals surface area contributed by atoms with Crippen molar-refractivity contribution >= 4 is 15.7 Å². The van der Waals surface area contributed by atoms with Crippen LogP contribution < -0.4 is 5.32 Å². The molecule has 0 aliphatic carbocycles. The summed E-state index contributed by atoms with van der Waals surface area (Å²) < 4.78 is 27.2. The molecule has 0 amide bonds. The van der Waals surface area contributed by atoms with Crippen molar-refractivity contribution in [3.8, 4) is 0 Å². The monoisotopic (exact) mass is 325 g/mol. The largest absolute Gasteiger partial charge is 0.310 e. The maximum absolute atomic E-state index is 12.9. The molecule has 1 aromatic rings. The average molecular weight is 325 g/mol. The Morgan fingerprint density at radius 1 is 1.27 bits per heavy atom. The van der Waals surface area contributed by atoms with E-state index in [0.717, 1.165) is 19.3 Å². The van der Waals surface area contributed by atoms with E-state index in [1.807, 2.05) is 0 Å². The molecule has 7 nitrogen and oxygen atoms in total. The second kappa shape index (κ2) is 5.60. The minimum Gasteiger partial charge on any atom is -0.310 e. The van der Waals surface area contributed by atoms with Gasteiger partial charge in [0.15, 0.2) is 0 Å². The van der Waals surface area contributed by atoms with Crippen LogP contribution in [0.15, 0.2) is 23.1 Å². The van der Waals surface area contributed by atoms with E-state index in [9.17, 15) is 18.5 Å². The van der Waals surface area contributed by atoms with Crippen molar-refractivity contribution in [3.63, 3.8) is 0 Å². The third-order valence-corrected chi connectivity index (χ3v) is 6.49. The number of nitrogens with zero attached hydrogens (tertiary/aromatic N) is 2. The van der Waals surface area contributed by atoms with Crippen molar-refractivity contribution in [2.75, 3.05) is 13.1 Å². The fourth-order valence-corrected chi connectivity index (χ4v) is 4.99. The van der Waals surface area contributed by atoms with Crippen LogP contribution in [0, 0.1) is 17.0 Å². The molecule has 120 valence electrons. The first kappa shape index (κ1) is 15.4. The quantitative estimate of drug-likeness (QED) is 0.670. The molecule has 22 heavy (non-hydrogen) atoms. The van der Waals surface area contributed by atoms with Crippen molar-refractivity contribution in [2.45, 2.75) is 43.2 Å². The van der Waals surface area contributed by atoms with Crippen molar-refractivity contribution in [1.82, 2.24) is 9.62 Å². The lowest BCUT2D eigenvalue weighted by molar-refractivity contribution is -0.385. The number of nitrogens with one attached hydrogen (secondary N) is 1. The van der Waals surface area contributed by atoms with Gasteiger partial charge in [0.1, 0.15) is 0 Å². The summed E-state index contributed by atoms with van der Waals surface area (Å²) in [5, 5.41) is 14.4. The maximum atomic E-state index is 12.9. The van der Waals surface area contributed by atoms with Gasteiger partial charge in [-0.25, -0.2) is 8.42 Å². The van der Waals surface area contributed by atoms with Crippen molar-refractivity contribution < 1.29 is 13.3 Å². The molecule has 0 spiro atoms. The van der Waals surface area contributed by atoms with Crippen molar-refractivity contribution in [2.24, 2.45) is 0 Å². The number of fused-ring (bicyclic) bond motifs is 2. The predicted molar refractivity (Wildman–Crippen MR) is 81.2 cm³/mol. The SMILES string of the molecule is Cc1ccc([N+](=O)[O-])cc1S(=O)(=O)N1CCC2CCC(C1)N2. The highest BCUT2D eigenvalue weighted by Crippen LogP contribution is 2.28. The number of sulfonamides is 1. The number of nitro benzene ring substituents is 1. The molecule has 0 aromatic heterocycles. The topological polar surface area (TPSA) is 92.5 Å². The van der Waals surface area contributed by atoms with Crippen LogP contribution in [0.5, 0.6) is 0 Å². The summed E-state index contributed by atoms with van der Waals surface area (Å²) in [6, 6.07) is 4.56. The molecule has 2 unspecified atom stereocenters. The van der Waals surface area contributed by atoms with Crippen LogP contribution in [0.2, 0.25) is 0 Å². The minimum atomic E-state index is -3.71. The normalized spacial score (nSPS) is 25.9. The summed E-state index contributed by atoms with van der Waals surface area (Å²) in [5.74, 6) is 0. The number of aryl methyl sites for hydroxylation is 1. The smallest absolute Gasteiger partial charge is 0.270 e. The zero-order valence-electron chi connectivity index (χ0n) is 12.4.